The molecule has 4 rings (SSSR count). The van der Waals surface area contributed by atoms with E-state index in [0.29, 0.717) is 27.0 Å². The molecule has 0 radical (unpaired) electrons. The Morgan fingerprint density at radius 2 is 1.90 bits per heavy atom. The van der Waals surface area contributed by atoms with Crippen molar-refractivity contribution in [2.75, 3.05) is 5.32 Å². The molecule has 0 saturated heterocycles. The zero-order valence-electron chi connectivity index (χ0n) is 16.6. The lowest BCUT2D eigenvalue weighted by atomic mass is 10.0. The van der Waals surface area contributed by atoms with Crippen LogP contribution in [0, 0.1) is 12.7 Å². The van der Waals surface area contributed by atoms with Gasteiger partial charge < -0.3 is 9.88 Å². The molecule has 1 saturated carbocycles. The summed E-state index contributed by atoms with van der Waals surface area (Å²) in [4.78, 5) is 21.6. The van der Waals surface area contributed by atoms with Gasteiger partial charge >= 0.3 is 0 Å². The van der Waals surface area contributed by atoms with Crippen molar-refractivity contribution in [1.82, 2.24) is 14.5 Å². The quantitative estimate of drug-likeness (QED) is 0.514. The number of hydrogen-bond acceptors (Lipinski definition) is 4. The minimum atomic E-state index is -2.90. The van der Waals surface area contributed by atoms with Gasteiger partial charge in [-0.2, -0.15) is 0 Å². The molecule has 2 heterocycles. The fourth-order valence-electron chi connectivity index (χ4n) is 3.55. The summed E-state index contributed by atoms with van der Waals surface area (Å²) in [5, 5.41) is 3.72. The Morgan fingerprint density at radius 1 is 1.23 bits per heavy atom. The summed E-state index contributed by atoms with van der Waals surface area (Å²) in [5.74, 6) is -0.105. The van der Waals surface area contributed by atoms with Crippen LogP contribution < -0.4 is 10.9 Å². The first-order valence-corrected chi connectivity index (χ1v) is 10.3. The fourth-order valence-corrected chi connectivity index (χ4v) is 4.05. The van der Waals surface area contributed by atoms with Gasteiger partial charge in [0.1, 0.15) is 21.9 Å². The van der Waals surface area contributed by atoms with E-state index in [9.17, 15) is 18.0 Å². The predicted octanol–water partition coefficient (Wildman–Crippen LogP) is 5.62. The molecule has 0 spiro atoms. The second kappa shape index (κ2) is 7.37. The van der Waals surface area contributed by atoms with Gasteiger partial charge in [0.15, 0.2) is 0 Å². The molecule has 1 aliphatic carbocycles. The number of nitrogens with zero attached hydrogens (tertiary/aromatic N) is 3. The lowest BCUT2D eigenvalue weighted by Gasteiger charge is -2.20. The van der Waals surface area contributed by atoms with Gasteiger partial charge in [-0.05, 0) is 49.5 Å². The van der Waals surface area contributed by atoms with E-state index < -0.39 is 23.8 Å². The van der Waals surface area contributed by atoms with Crippen LogP contribution in [0.25, 0.3) is 10.9 Å². The second-order valence-corrected chi connectivity index (χ2v) is 8.71. The van der Waals surface area contributed by atoms with Gasteiger partial charge in [0.25, 0.3) is 12.0 Å². The van der Waals surface area contributed by atoms with Crippen LogP contribution in [0.15, 0.2) is 33.7 Å². The number of aromatic nitrogens is 3. The van der Waals surface area contributed by atoms with Gasteiger partial charge in [-0.3, -0.25) is 4.79 Å². The predicted molar refractivity (Wildman–Crippen MR) is 113 cm³/mol. The number of nitrogens with one attached hydrogen (secondary N) is 1. The van der Waals surface area contributed by atoms with E-state index in [1.807, 2.05) is 6.92 Å². The summed E-state index contributed by atoms with van der Waals surface area (Å²) in [6.45, 7) is 5.36. The van der Waals surface area contributed by atoms with E-state index in [-0.39, 0.29) is 16.7 Å². The Morgan fingerprint density at radius 3 is 2.53 bits per heavy atom. The molecule has 0 aliphatic heterocycles. The first-order chi connectivity index (χ1) is 14.1. The number of anilines is 1. The molecular formula is C21H20BrF3N4O. The molecule has 9 heteroatoms. The van der Waals surface area contributed by atoms with Crippen LogP contribution in [-0.2, 0) is 5.54 Å². The summed E-state index contributed by atoms with van der Waals surface area (Å²) >= 11 is 3.37. The summed E-state index contributed by atoms with van der Waals surface area (Å²) in [7, 11) is 0. The minimum Gasteiger partial charge on any atom is -0.363 e. The molecule has 1 N–H and O–H groups in total. The van der Waals surface area contributed by atoms with Crippen molar-refractivity contribution in [3.63, 3.8) is 0 Å². The van der Waals surface area contributed by atoms with Crippen LogP contribution in [0.4, 0.5) is 19.0 Å². The van der Waals surface area contributed by atoms with Crippen molar-refractivity contribution in [3.05, 3.63) is 62.0 Å². The molecule has 1 aromatic carbocycles. The molecule has 0 unspecified atom stereocenters. The molecule has 1 atom stereocenters. The number of aryl methyl sites for hydroxylation is 1. The first-order valence-electron chi connectivity index (χ1n) is 9.55. The van der Waals surface area contributed by atoms with Crippen molar-refractivity contribution in [2.24, 2.45) is 0 Å². The van der Waals surface area contributed by atoms with Crippen LogP contribution in [0.2, 0.25) is 0 Å². The van der Waals surface area contributed by atoms with Gasteiger partial charge in [0, 0.05) is 17.3 Å². The number of benzene rings is 1. The number of rotatable bonds is 5. The van der Waals surface area contributed by atoms with Crippen LogP contribution >= 0.6 is 15.9 Å². The van der Waals surface area contributed by atoms with Crippen molar-refractivity contribution in [2.45, 2.75) is 51.6 Å². The van der Waals surface area contributed by atoms with Gasteiger partial charge in [0.2, 0.25) is 0 Å². The molecule has 1 fully saturated rings. The summed E-state index contributed by atoms with van der Waals surface area (Å²) in [5.41, 5.74) is -0.499. The van der Waals surface area contributed by atoms with E-state index in [1.165, 1.54) is 12.1 Å². The molecule has 0 bridgehead atoms. The Kier molecular flexibility index (Phi) is 5.12. The average molecular weight is 481 g/mol. The molecule has 5 nitrogen and oxygen atoms in total. The third-order valence-electron chi connectivity index (χ3n) is 5.60. The average Bonchev–Trinajstić information content (AvgIpc) is 3.43. The Balaban J connectivity index is 1.82. The molecule has 158 valence electrons. The standard InChI is InChI=1S/C21H20BrF3N4O/c1-10(12-5-4-6-13(16(12)23)18(24)25)26-19-14-9-29(21(3)7-8-21)20(30)15(22)17(14)27-11(2)28-19/h4-6,9-10,18H,7-8H2,1-3H3,(H,26,27,28)/t10-/m1/s1. The fraction of sp³-hybridized carbons (Fsp3) is 0.381. The van der Waals surface area contributed by atoms with Gasteiger partial charge in [-0.25, -0.2) is 23.1 Å². The number of halogens is 4. The SMILES string of the molecule is Cc1nc(N[C@H](C)c2cccc(C(F)F)c2F)c2cn(C3(C)CC3)c(=O)c(Br)c2n1. The Labute approximate surface area is 179 Å². The highest BCUT2D eigenvalue weighted by Gasteiger charge is 2.40. The number of pyridine rings is 1. The van der Waals surface area contributed by atoms with E-state index in [0.717, 1.165) is 18.9 Å². The molecule has 2 aromatic heterocycles. The van der Waals surface area contributed by atoms with Crippen LogP contribution in [-0.4, -0.2) is 14.5 Å². The summed E-state index contributed by atoms with van der Waals surface area (Å²) in [6.07, 6.45) is 0.601. The highest BCUT2D eigenvalue weighted by molar-refractivity contribution is 9.10. The van der Waals surface area contributed by atoms with Crippen LogP contribution in [0.3, 0.4) is 0 Å². The smallest absolute Gasteiger partial charge is 0.267 e. The third kappa shape index (κ3) is 3.49. The highest BCUT2D eigenvalue weighted by Crippen LogP contribution is 2.43. The Bertz CT molecular complexity index is 1210. The van der Waals surface area contributed by atoms with Gasteiger partial charge in [0.05, 0.1) is 22.5 Å². The van der Waals surface area contributed by atoms with Crippen LogP contribution in [0.5, 0.6) is 0 Å². The topological polar surface area (TPSA) is 59.8 Å². The highest BCUT2D eigenvalue weighted by atomic mass is 79.9. The van der Waals surface area contributed by atoms with Crippen molar-refractivity contribution >= 4 is 32.7 Å². The van der Waals surface area contributed by atoms with Crippen molar-refractivity contribution in [3.8, 4) is 0 Å². The molecule has 0 amide bonds. The summed E-state index contributed by atoms with van der Waals surface area (Å²) in [6, 6.07) is 3.31. The van der Waals surface area contributed by atoms with Gasteiger partial charge in [-0.15, -0.1) is 0 Å². The van der Waals surface area contributed by atoms with Crippen molar-refractivity contribution < 1.29 is 13.2 Å². The number of alkyl halides is 2. The zero-order valence-corrected chi connectivity index (χ0v) is 18.2. The van der Waals surface area contributed by atoms with E-state index in [4.69, 9.17) is 0 Å². The van der Waals surface area contributed by atoms with Gasteiger partial charge in [-0.1, -0.05) is 18.2 Å². The maximum absolute atomic E-state index is 14.6. The molecule has 1 aliphatic rings. The number of hydrogen-bond donors (Lipinski definition) is 1. The van der Waals surface area contributed by atoms with Crippen molar-refractivity contribution in [1.29, 1.82) is 0 Å². The normalized spacial score (nSPS) is 16.1. The minimum absolute atomic E-state index is 0.110. The monoisotopic (exact) mass is 480 g/mol. The third-order valence-corrected chi connectivity index (χ3v) is 6.31. The molecule has 30 heavy (non-hydrogen) atoms. The van der Waals surface area contributed by atoms with E-state index in [2.05, 4.69) is 31.2 Å². The molecular weight excluding hydrogens is 461 g/mol. The van der Waals surface area contributed by atoms with Crippen LogP contribution in [0.1, 0.15) is 56.1 Å². The zero-order chi connectivity index (χ0) is 21.8. The van der Waals surface area contributed by atoms with E-state index >= 15 is 0 Å². The lowest BCUT2D eigenvalue weighted by Crippen LogP contribution is -2.29. The number of fused-ring (bicyclic) bond motifs is 1. The first kappa shape index (κ1) is 20.8. The lowest BCUT2D eigenvalue weighted by molar-refractivity contribution is 0.146. The van der Waals surface area contributed by atoms with E-state index in [1.54, 1.807) is 24.6 Å². The maximum Gasteiger partial charge on any atom is 0.267 e. The second-order valence-electron chi connectivity index (χ2n) is 7.91. The summed E-state index contributed by atoms with van der Waals surface area (Å²) < 4.78 is 42.8. The Hall–Kier alpha value is -2.42. The largest absolute Gasteiger partial charge is 0.363 e. The maximum atomic E-state index is 14.6. The molecule has 3 aromatic rings.